The number of nitrogens with two attached hydrogens (primary N) is 1. The van der Waals surface area contributed by atoms with Gasteiger partial charge in [-0.25, -0.2) is 8.42 Å². The molecule has 0 spiro atoms. The topological polar surface area (TPSA) is 72.6 Å². The lowest BCUT2D eigenvalue weighted by Crippen LogP contribution is -2.37. The van der Waals surface area contributed by atoms with Gasteiger partial charge < -0.3 is 10.5 Å². The van der Waals surface area contributed by atoms with Crippen LogP contribution in [0.1, 0.15) is 12.0 Å². The zero-order chi connectivity index (χ0) is 13.3. The molecule has 0 bridgehead atoms. The first-order valence-corrected chi connectivity index (χ1v) is 7.29. The average Bonchev–Trinajstić information content (AvgIpc) is 2.85. The quantitative estimate of drug-likeness (QED) is 0.831. The molecule has 2 rings (SSSR count). The Morgan fingerprint density at radius 2 is 2.17 bits per heavy atom. The SMILES string of the molecule is Cc1ccc(S(=O)(=O)N(C)C2CCOC2)cc1N. The van der Waals surface area contributed by atoms with Crippen LogP contribution in [0.15, 0.2) is 23.1 Å². The molecular weight excluding hydrogens is 252 g/mol. The number of rotatable bonds is 3. The summed E-state index contributed by atoms with van der Waals surface area (Å²) in [7, 11) is -1.90. The molecule has 0 saturated carbocycles. The minimum atomic E-state index is -3.49. The fraction of sp³-hybridized carbons (Fsp3) is 0.500. The molecule has 6 heteroatoms. The van der Waals surface area contributed by atoms with Crippen molar-refractivity contribution in [3.63, 3.8) is 0 Å². The zero-order valence-electron chi connectivity index (χ0n) is 10.6. The number of ether oxygens (including phenoxy) is 1. The summed E-state index contributed by atoms with van der Waals surface area (Å²) in [6.07, 6.45) is 0.733. The minimum absolute atomic E-state index is 0.0856. The van der Waals surface area contributed by atoms with E-state index in [1.54, 1.807) is 19.2 Å². The molecule has 1 saturated heterocycles. The molecule has 1 aliphatic heterocycles. The molecule has 1 unspecified atom stereocenters. The molecule has 1 atom stereocenters. The van der Waals surface area contributed by atoms with Crippen LogP contribution in [0.3, 0.4) is 0 Å². The molecule has 0 radical (unpaired) electrons. The first-order chi connectivity index (χ1) is 8.43. The molecule has 1 fully saturated rings. The summed E-state index contributed by atoms with van der Waals surface area (Å²) in [4.78, 5) is 0.236. The van der Waals surface area contributed by atoms with E-state index in [4.69, 9.17) is 10.5 Å². The van der Waals surface area contributed by atoms with Gasteiger partial charge in [-0.1, -0.05) is 6.07 Å². The second kappa shape index (κ2) is 4.87. The first-order valence-electron chi connectivity index (χ1n) is 5.85. The predicted molar refractivity (Wildman–Crippen MR) is 69.8 cm³/mol. The monoisotopic (exact) mass is 270 g/mol. The summed E-state index contributed by atoms with van der Waals surface area (Å²) < 4.78 is 31.4. The number of nitrogens with zero attached hydrogens (tertiary/aromatic N) is 1. The third-order valence-electron chi connectivity index (χ3n) is 3.35. The van der Waals surface area contributed by atoms with Gasteiger partial charge in [-0.3, -0.25) is 0 Å². The number of hydrogen-bond acceptors (Lipinski definition) is 4. The number of hydrogen-bond donors (Lipinski definition) is 1. The van der Waals surface area contributed by atoms with E-state index in [1.807, 2.05) is 6.92 Å². The smallest absolute Gasteiger partial charge is 0.243 e. The molecule has 100 valence electrons. The normalized spacial score (nSPS) is 20.5. The molecular formula is C12H18N2O3S. The Hall–Kier alpha value is -1.11. The molecule has 5 nitrogen and oxygen atoms in total. The maximum absolute atomic E-state index is 12.4. The molecule has 0 aliphatic carbocycles. The van der Waals surface area contributed by atoms with E-state index in [1.165, 1.54) is 10.4 Å². The second-order valence-corrected chi connectivity index (χ2v) is 6.55. The van der Waals surface area contributed by atoms with E-state index in [0.29, 0.717) is 18.9 Å². The highest BCUT2D eigenvalue weighted by Gasteiger charge is 2.30. The Morgan fingerprint density at radius 1 is 1.44 bits per heavy atom. The van der Waals surface area contributed by atoms with Gasteiger partial charge in [-0.2, -0.15) is 4.31 Å². The van der Waals surface area contributed by atoms with Gasteiger partial charge in [-0.15, -0.1) is 0 Å². The maximum atomic E-state index is 12.4. The summed E-state index contributed by atoms with van der Waals surface area (Å²) in [5.74, 6) is 0. The second-order valence-electron chi connectivity index (χ2n) is 4.56. The number of aryl methyl sites for hydroxylation is 1. The number of anilines is 1. The summed E-state index contributed by atoms with van der Waals surface area (Å²) in [5.41, 5.74) is 7.13. The third-order valence-corrected chi connectivity index (χ3v) is 5.25. The van der Waals surface area contributed by atoms with Crippen LogP contribution >= 0.6 is 0 Å². The zero-order valence-corrected chi connectivity index (χ0v) is 11.4. The molecule has 0 amide bonds. The van der Waals surface area contributed by atoms with Crippen LogP contribution in [-0.4, -0.2) is 39.0 Å². The summed E-state index contributed by atoms with van der Waals surface area (Å²) in [6, 6.07) is 4.74. The van der Waals surface area contributed by atoms with Crippen LogP contribution in [0.4, 0.5) is 5.69 Å². The van der Waals surface area contributed by atoms with Crippen LogP contribution in [0.5, 0.6) is 0 Å². The van der Waals surface area contributed by atoms with Gasteiger partial charge in [0.25, 0.3) is 0 Å². The van der Waals surface area contributed by atoms with Gasteiger partial charge in [-0.05, 0) is 31.0 Å². The molecule has 1 aromatic rings. The van der Waals surface area contributed by atoms with Crippen molar-refractivity contribution in [3.8, 4) is 0 Å². The standard InChI is InChI=1S/C12H18N2O3S/c1-9-3-4-11(7-12(9)13)18(15,16)14(2)10-5-6-17-8-10/h3-4,7,10H,5-6,8,13H2,1-2H3. The van der Waals surface area contributed by atoms with Crippen LogP contribution in [-0.2, 0) is 14.8 Å². The van der Waals surface area contributed by atoms with E-state index >= 15 is 0 Å². The predicted octanol–water partition coefficient (Wildman–Crippen LogP) is 0.987. The van der Waals surface area contributed by atoms with Crippen LogP contribution in [0, 0.1) is 6.92 Å². The van der Waals surface area contributed by atoms with Crippen LogP contribution in [0.25, 0.3) is 0 Å². The van der Waals surface area contributed by atoms with Gasteiger partial charge in [0.05, 0.1) is 17.5 Å². The van der Waals surface area contributed by atoms with Crippen molar-refractivity contribution in [1.82, 2.24) is 4.31 Å². The van der Waals surface area contributed by atoms with Crippen molar-refractivity contribution in [2.24, 2.45) is 0 Å². The lowest BCUT2D eigenvalue weighted by atomic mass is 10.2. The van der Waals surface area contributed by atoms with Crippen molar-refractivity contribution in [2.45, 2.75) is 24.3 Å². The first kappa shape index (κ1) is 13.3. The van der Waals surface area contributed by atoms with Crippen LogP contribution in [0.2, 0.25) is 0 Å². The van der Waals surface area contributed by atoms with Gasteiger partial charge in [0, 0.05) is 19.3 Å². The third kappa shape index (κ3) is 2.36. The van der Waals surface area contributed by atoms with Gasteiger partial charge in [0.2, 0.25) is 10.0 Å². The van der Waals surface area contributed by atoms with Crippen LogP contribution < -0.4 is 5.73 Å². The minimum Gasteiger partial charge on any atom is -0.398 e. The van der Waals surface area contributed by atoms with Gasteiger partial charge in [0.15, 0.2) is 0 Å². The van der Waals surface area contributed by atoms with E-state index < -0.39 is 10.0 Å². The Bertz CT molecular complexity index is 536. The van der Waals surface area contributed by atoms with Crippen molar-refractivity contribution in [1.29, 1.82) is 0 Å². The lowest BCUT2D eigenvalue weighted by Gasteiger charge is -2.22. The largest absolute Gasteiger partial charge is 0.398 e. The lowest BCUT2D eigenvalue weighted by molar-refractivity contribution is 0.181. The Balaban J connectivity index is 2.32. The van der Waals surface area contributed by atoms with Crippen molar-refractivity contribution < 1.29 is 13.2 Å². The highest BCUT2D eigenvalue weighted by molar-refractivity contribution is 7.89. The summed E-state index contributed by atoms with van der Waals surface area (Å²) >= 11 is 0. The fourth-order valence-corrected chi connectivity index (χ4v) is 3.36. The Morgan fingerprint density at radius 3 is 2.72 bits per heavy atom. The van der Waals surface area contributed by atoms with E-state index in [2.05, 4.69) is 0 Å². The summed E-state index contributed by atoms with van der Waals surface area (Å²) in [6.45, 7) is 2.91. The van der Waals surface area contributed by atoms with Gasteiger partial charge >= 0.3 is 0 Å². The van der Waals surface area contributed by atoms with E-state index in [0.717, 1.165) is 12.0 Å². The average molecular weight is 270 g/mol. The maximum Gasteiger partial charge on any atom is 0.243 e. The summed E-state index contributed by atoms with van der Waals surface area (Å²) in [5, 5.41) is 0. The van der Waals surface area contributed by atoms with E-state index in [-0.39, 0.29) is 10.9 Å². The van der Waals surface area contributed by atoms with Crippen molar-refractivity contribution >= 4 is 15.7 Å². The van der Waals surface area contributed by atoms with E-state index in [9.17, 15) is 8.42 Å². The molecule has 1 heterocycles. The molecule has 1 aromatic carbocycles. The number of sulfonamides is 1. The fourth-order valence-electron chi connectivity index (χ4n) is 1.95. The van der Waals surface area contributed by atoms with Crippen molar-refractivity contribution in [3.05, 3.63) is 23.8 Å². The Labute approximate surface area is 108 Å². The molecule has 0 aromatic heterocycles. The molecule has 1 aliphatic rings. The van der Waals surface area contributed by atoms with Crippen molar-refractivity contribution in [2.75, 3.05) is 26.0 Å². The Kier molecular flexibility index (Phi) is 3.61. The number of benzene rings is 1. The molecule has 2 N–H and O–H groups in total. The number of likely N-dealkylation sites (N-methyl/N-ethyl adjacent to an activating group) is 1. The highest BCUT2D eigenvalue weighted by atomic mass is 32.2. The van der Waals surface area contributed by atoms with Gasteiger partial charge in [0.1, 0.15) is 0 Å². The number of nitrogen functional groups attached to an aromatic ring is 1. The molecule has 18 heavy (non-hydrogen) atoms. The highest BCUT2D eigenvalue weighted by Crippen LogP contribution is 2.23.